The Morgan fingerprint density at radius 3 is 2.29 bits per heavy atom. The van der Waals surface area contributed by atoms with E-state index in [1.165, 1.54) is 18.4 Å². The molecule has 1 saturated heterocycles. The van der Waals surface area contributed by atoms with Crippen molar-refractivity contribution in [2.24, 2.45) is 5.92 Å². The molecule has 0 aliphatic carbocycles. The summed E-state index contributed by atoms with van der Waals surface area (Å²) in [5.41, 5.74) is 1.14. The smallest absolute Gasteiger partial charge is 0.173 e. The molecule has 1 aliphatic rings. The average molecular weight is 350 g/mol. The maximum atomic E-state index is 4.41. The average Bonchev–Trinajstić information content (AvgIpc) is 3.00. The molecule has 0 bridgehead atoms. The van der Waals surface area contributed by atoms with Crippen LogP contribution in [0.1, 0.15) is 58.0 Å². The molecule has 2 aromatic rings. The van der Waals surface area contributed by atoms with E-state index in [0.29, 0.717) is 0 Å². The number of piperidine rings is 1. The molecule has 0 radical (unpaired) electrons. The highest BCUT2D eigenvalue weighted by molar-refractivity contribution is 5.85. The van der Waals surface area contributed by atoms with E-state index in [1.807, 2.05) is 4.68 Å². The first kappa shape index (κ1) is 18.9. The van der Waals surface area contributed by atoms with Gasteiger partial charge < -0.3 is 0 Å². The van der Waals surface area contributed by atoms with Gasteiger partial charge in [0.25, 0.3) is 0 Å². The van der Waals surface area contributed by atoms with Crippen LogP contribution in [0.4, 0.5) is 0 Å². The Hall–Kier alpha value is -1.46. The Morgan fingerprint density at radius 1 is 1.08 bits per heavy atom. The van der Waals surface area contributed by atoms with Crippen molar-refractivity contribution in [2.45, 2.75) is 52.1 Å². The summed E-state index contributed by atoms with van der Waals surface area (Å²) in [5, 5.41) is 12.7. The van der Waals surface area contributed by atoms with Crippen LogP contribution in [-0.4, -0.2) is 38.2 Å². The van der Waals surface area contributed by atoms with Gasteiger partial charge in [0.1, 0.15) is 0 Å². The zero-order valence-corrected chi connectivity index (χ0v) is 15.8. The molecule has 3 rings (SSSR count). The standard InChI is InChI=1S/C18H27N5.ClH/c1-14-10-12-22(13-11-14)16(15-8-6-5-7-9-15)17-19-20-21-23(17)18(2,3)4;/h5-9,14,16H,10-13H2,1-4H3;1H. The van der Waals surface area contributed by atoms with Crippen LogP contribution in [0.3, 0.4) is 0 Å². The Morgan fingerprint density at radius 2 is 1.71 bits per heavy atom. The molecule has 0 saturated carbocycles. The van der Waals surface area contributed by atoms with Crippen molar-refractivity contribution in [3.63, 3.8) is 0 Å². The van der Waals surface area contributed by atoms with E-state index in [-0.39, 0.29) is 24.0 Å². The molecule has 0 N–H and O–H groups in total. The predicted octanol–water partition coefficient (Wildman–Crippen LogP) is 3.67. The van der Waals surface area contributed by atoms with Gasteiger partial charge in [-0.1, -0.05) is 37.3 Å². The number of tetrazole rings is 1. The zero-order valence-electron chi connectivity index (χ0n) is 15.0. The number of halogens is 1. The fourth-order valence-electron chi connectivity index (χ4n) is 3.29. The van der Waals surface area contributed by atoms with Crippen LogP contribution in [0, 0.1) is 5.92 Å². The first-order valence-electron chi connectivity index (χ1n) is 8.54. The normalized spacial score (nSPS) is 18.2. The van der Waals surface area contributed by atoms with E-state index < -0.39 is 0 Å². The first-order valence-corrected chi connectivity index (χ1v) is 8.54. The number of nitrogens with zero attached hydrogens (tertiary/aromatic N) is 5. The molecule has 0 spiro atoms. The Kier molecular flexibility index (Phi) is 5.99. The molecule has 24 heavy (non-hydrogen) atoms. The van der Waals surface area contributed by atoms with Crippen LogP contribution in [0.5, 0.6) is 0 Å². The third-order valence-corrected chi connectivity index (χ3v) is 4.67. The lowest BCUT2D eigenvalue weighted by atomic mass is 9.95. The SMILES string of the molecule is CC1CCN(C(c2ccccc2)c2nnnn2C(C)(C)C)CC1.Cl. The summed E-state index contributed by atoms with van der Waals surface area (Å²) in [4.78, 5) is 2.53. The molecule has 132 valence electrons. The van der Waals surface area contributed by atoms with Crippen LogP contribution < -0.4 is 0 Å². The van der Waals surface area contributed by atoms with E-state index in [4.69, 9.17) is 0 Å². The summed E-state index contributed by atoms with van der Waals surface area (Å²) >= 11 is 0. The molecule has 1 unspecified atom stereocenters. The number of rotatable bonds is 3. The predicted molar refractivity (Wildman–Crippen MR) is 98.3 cm³/mol. The van der Waals surface area contributed by atoms with Crippen LogP contribution in [0.2, 0.25) is 0 Å². The van der Waals surface area contributed by atoms with Gasteiger partial charge in [0.2, 0.25) is 0 Å². The van der Waals surface area contributed by atoms with Gasteiger partial charge in [-0.05, 0) is 68.6 Å². The van der Waals surface area contributed by atoms with Crippen molar-refractivity contribution in [1.29, 1.82) is 0 Å². The van der Waals surface area contributed by atoms with Crippen molar-refractivity contribution >= 4 is 12.4 Å². The number of aromatic nitrogens is 4. The van der Waals surface area contributed by atoms with E-state index in [2.05, 4.69) is 78.5 Å². The summed E-state index contributed by atoms with van der Waals surface area (Å²) in [5.74, 6) is 1.75. The van der Waals surface area contributed by atoms with Gasteiger partial charge in [-0.25, -0.2) is 4.68 Å². The lowest BCUT2D eigenvalue weighted by molar-refractivity contribution is 0.145. The van der Waals surface area contributed by atoms with E-state index in [1.54, 1.807) is 0 Å². The van der Waals surface area contributed by atoms with Crippen LogP contribution in [0.15, 0.2) is 30.3 Å². The van der Waals surface area contributed by atoms with Gasteiger partial charge >= 0.3 is 0 Å². The molecular formula is C18H28ClN5. The maximum absolute atomic E-state index is 4.41. The Bertz CT molecular complexity index is 626. The molecular weight excluding hydrogens is 322 g/mol. The molecule has 1 aliphatic heterocycles. The molecule has 2 heterocycles. The fourth-order valence-corrected chi connectivity index (χ4v) is 3.29. The van der Waals surface area contributed by atoms with Crippen LogP contribution in [-0.2, 0) is 5.54 Å². The molecule has 6 heteroatoms. The molecule has 1 atom stereocenters. The molecule has 5 nitrogen and oxygen atoms in total. The topological polar surface area (TPSA) is 46.8 Å². The van der Waals surface area contributed by atoms with E-state index in [0.717, 1.165) is 24.8 Å². The lowest BCUT2D eigenvalue weighted by Gasteiger charge is -2.37. The highest BCUT2D eigenvalue weighted by Crippen LogP contribution is 2.32. The van der Waals surface area contributed by atoms with Gasteiger partial charge in [0.15, 0.2) is 5.82 Å². The second-order valence-electron chi connectivity index (χ2n) is 7.65. The molecule has 0 amide bonds. The van der Waals surface area contributed by atoms with Gasteiger partial charge in [-0.15, -0.1) is 17.5 Å². The summed E-state index contributed by atoms with van der Waals surface area (Å²) < 4.78 is 1.97. The lowest BCUT2D eigenvalue weighted by Crippen LogP contribution is -2.39. The molecule has 1 fully saturated rings. The number of hydrogen-bond donors (Lipinski definition) is 0. The van der Waals surface area contributed by atoms with Crippen molar-refractivity contribution in [2.75, 3.05) is 13.1 Å². The maximum Gasteiger partial charge on any atom is 0.173 e. The van der Waals surface area contributed by atoms with Gasteiger partial charge in [-0.2, -0.15) is 0 Å². The third-order valence-electron chi connectivity index (χ3n) is 4.67. The summed E-state index contributed by atoms with van der Waals surface area (Å²) in [7, 11) is 0. The first-order chi connectivity index (χ1) is 11.0. The third kappa shape index (κ3) is 3.95. The van der Waals surface area contributed by atoms with Gasteiger partial charge in [-0.3, -0.25) is 4.90 Å². The van der Waals surface area contributed by atoms with Crippen LogP contribution in [0.25, 0.3) is 0 Å². The zero-order chi connectivity index (χ0) is 16.4. The van der Waals surface area contributed by atoms with E-state index >= 15 is 0 Å². The Labute approximate surface area is 150 Å². The largest absolute Gasteiger partial charge is 0.290 e. The minimum atomic E-state index is -0.130. The molecule has 1 aromatic carbocycles. The number of likely N-dealkylation sites (tertiary alicyclic amines) is 1. The molecule has 1 aromatic heterocycles. The summed E-state index contributed by atoms with van der Waals surface area (Å²) in [6.07, 6.45) is 2.47. The fraction of sp³-hybridized carbons (Fsp3) is 0.611. The summed E-state index contributed by atoms with van der Waals surface area (Å²) in [6.45, 7) is 11.0. The van der Waals surface area contributed by atoms with E-state index in [9.17, 15) is 0 Å². The minimum Gasteiger partial charge on any atom is -0.290 e. The van der Waals surface area contributed by atoms with Crippen molar-refractivity contribution in [3.05, 3.63) is 41.7 Å². The van der Waals surface area contributed by atoms with Crippen molar-refractivity contribution < 1.29 is 0 Å². The van der Waals surface area contributed by atoms with Crippen molar-refractivity contribution in [3.8, 4) is 0 Å². The number of hydrogen-bond acceptors (Lipinski definition) is 4. The number of benzene rings is 1. The Balaban J connectivity index is 0.00000208. The summed E-state index contributed by atoms with van der Waals surface area (Å²) in [6, 6.07) is 10.7. The highest BCUT2D eigenvalue weighted by Gasteiger charge is 2.32. The van der Waals surface area contributed by atoms with Gasteiger partial charge in [0.05, 0.1) is 11.6 Å². The quantitative estimate of drug-likeness (QED) is 0.848. The monoisotopic (exact) mass is 349 g/mol. The second kappa shape index (κ2) is 7.62. The van der Waals surface area contributed by atoms with Crippen LogP contribution >= 0.6 is 12.4 Å². The van der Waals surface area contributed by atoms with Gasteiger partial charge in [0, 0.05) is 0 Å². The minimum absolute atomic E-state index is 0. The highest BCUT2D eigenvalue weighted by atomic mass is 35.5. The van der Waals surface area contributed by atoms with Crippen molar-refractivity contribution in [1.82, 2.24) is 25.1 Å². The second-order valence-corrected chi connectivity index (χ2v) is 7.65.